The molecule has 5 nitrogen and oxygen atoms in total. The molecule has 1 amide bonds. The van der Waals surface area contributed by atoms with Gasteiger partial charge < -0.3 is 5.32 Å². The Hall–Kier alpha value is -3.44. The lowest BCUT2D eigenvalue weighted by Crippen LogP contribution is -2.39. The molecule has 0 bridgehead atoms. The molecule has 5 rings (SSSR count). The first kappa shape index (κ1) is 22.4. The molecule has 1 aliphatic rings. The molecular formula is C28H27ClN4O. The molecule has 1 atom stereocenters. The third-order valence-corrected chi connectivity index (χ3v) is 6.94. The molecule has 172 valence electrons. The van der Waals surface area contributed by atoms with Gasteiger partial charge in [-0.05, 0) is 84.7 Å². The van der Waals surface area contributed by atoms with Gasteiger partial charge in [-0.3, -0.25) is 14.5 Å². The molecule has 0 saturated carbocycles. The maximum Gasteiger partial charge on any atom is 0.270 e. The summed E-state index contributed by atoms with van der Waals surface area (Å²) in [5.41, 5.74) is 9.86. The zero-order valence-electron chi connectivity index (χ0n) is 19.6. The van der Waals surface area contributed by atoms with E-state index in [0.717, 1.165) is 41.5 Å². The highest BCUT2D eigenvalue weighted by Gasteiger charge is 2.25. The zero-order chi connectivity index (χ0) is 23.8. The number of aromatic nitrogens is 3. The monoisotopic (exact) mass is 470 g/mol. The van der Waals surface area contributed by atoms with Crippen molar-refractivity contribution in [1.82, 2.24) is 20.1 Å². The van der Waals surface area contributed by atoms with Gasteiger partial charge in [0.25, 0.3) is 5.91 Å². The van der Waals surface area contributed by atoms with Gasteiger partial charge in [-0.25, -0.2) is 0 Å². The number of aryl methyl sites for hydroxylation is 3. The van der Waals surface area contributed by atoms with Gasteiger partial charge in [-0.1, -0.05) is 35.9 Å². The SMILES string of the molecule is Cc1cc(Cl)ccc1-c1ccc(C(=O)N[C@H]2CCc3c(C)ccc(-c4cnn(C)c4)c3C2)nc1. The van der Waals surface area contributed by atoms with Crippen LogP contribution in [0.5, 0.6) is 0 Å². The Morgan fingerprint density at radius 3 is 2.53 bits per heavy atom. The summed E-state index contributed by atoms with van der Waals surface area (Å²) in [5.74, 6) is -0.136. The van der Waals surface area contributed by atoms with Crippen molar-refractivity contribution >= 4 is 17.5 Å². The molecule has 0 radical (unpaired) electrons. The predicted octanol–water partition coefficient (Wildman–Crippen LogP) is 5.71. The highest BCUT2D eigenvalue weighted by molar-refractivity contribution is 6.30. The van der Waals surface area contributed by atoms with Crippen molar-refractivity contribution in [3.63, 3.8) is 0 Å². The summed E-state index contributed by atoms with van der Waals surface area (Å²) in [6, 6.07) is 13.9. The molecule has 1 N–H and O–H groups in total. The molecule has 2 aromatic heterocycles. The molecule has 2 heterocycles. The van der Waals surface area contributed by atoms with Crippen LogP contribution in [0.3, 0.4) is 0 Å². The van der Waals surface area contributed by atoms with Crippen LogP contribution in [0.2, 0.25) is 5.02 Å². The second-order valence-electron chi connectivity index (χ2n) is 9.09. The molecule has 4 aromatic rings. The minimum absolute atomic E-state index is 0.0669. The summed E-state index contributed by atoms with van der Waals surface area (Å²) in [5, 5.41) is 8.27. The van der Waals surface area contributed by atoms with E-state index in [1.165, 1.54) is 22.3 Å². The van der Waals surface area contributed by atoms with Crippen LogP contribution in [-0.2, 0) is 19.9 Å². The Kier molecular flexibility index (Phi) is 5.96. The van der Waals surface area contributed by atoms with Gasteiger partial charge in [0.05, 0.1) is 6.20 Å². The van der Waals surface area contributed by atoms with Crippen molar-refractivity contribution in [3.05, 3.63) is 94.0 Å². The van der Waals surface area contributed by atoms with E-state index < -0.39 is 0 Å². The number of rotatable bonds is 4. The molecule has 0 aliphatic heterocycles. The summed E-state index contributed by atoms with van der Waals surface area (Å²) in [7, 11) is 1.93. The number of halogens is 1. The fourth-order valence-electron chi connectivity index (χ4n) is 4.91. The van der Waals surface area contributed by atoms with Crippen molar-refractivity contribution in [1.29, 1.82) is 0 Å². The topological polar surface area (TPSA) is 59.8 Å². The zero-order valence-corrected chi connectivity index (χ0v) is 20.4. The van der Waals surface area contributed by atoms with Gasteiger partial charge in [0.2, 0.25) is 0 Å². The molecule has 0 spiro atoms. The lowest BCUT2D eigenvalue weighted by molar-refractivity contribution is 0.0928. The van der Waals surface area contributed by atoms with Crippen molar-refractivity contribution in [2.75, 3.05) is 0 Å². The molecule has 6 heteroatoms. The normalized spacial score (nSPS) is 15.1. The van der Waals surface area contributed by atoms with E-state index in [1.807, 2.05) is 55.3 Å². The standard InChI is InChI=1S/C28H27ClN4O/c1-17-4-8-25(20-15-31-33(3)16-20)26-13-22(7-10-24(17)26)32-28(34)27-11-5-19(14-30-27)23-9-6-21(29)12-18(23)2/h4-6,8-9,11-12,14-16,22H,7,10,13H2,1-3H3,(H,32,34)/t22-/m0/s1. The number of carbonyl (C=O) groups excluding carboxylic acids is 1. The number of nitrogens with zero attached hydrogens (tertiary/aromatic N) is 3. The first-order valence-corrected chi connectivity index (χ1v) is 11.9. The van der Waals surface area contributed by atoms with Crippen LogP contribution in [0.15, 0.2) is 61.1 Å². The average molecular weight is 471 g/mol. The number of benzene rings is 2. The Labute approximate surface area is 204 Å². The van der Waals surface area contributed by atoms with Crippen LogP contribution in [0, 0.1) is 13.8 Å². The van der Waals surface area contributed by atoms with Crippen LogP contribution in [0.1, 0.15) is 39.2 Å². The number of nitrogens with one attached hydrogen (secondary N) is 1. The third kappa shape index (κ3) is 4.36. The lowest BCUT2D eigenvalue weighted by atomic mass is 9.81. The fraction of sp³-hybridized carbons (Fsp3) is 0.250. The predicted molar refractivity (Wildman–Crippen MR) is 136 cm³/mol. The molecule has 1 aliphatic carbocycles. The van der Waals surface area contributed by atoms with E-state index in [4.69, 9.17) is 11.6 Å². The summed E-state index contributed by atoms with van der Waals surface area (Å²) in [6.45, 7) is 4.18. The average Bonchev–Trinajstić information content (AvgIpc) is 3.25. The maximum absolute atomic E-state index is 13.0. The molecule has 34 heavy (non-hydrogen) atoms. The highest BCUT2D eigenvalue weighted by Crippen LogP contribution is 2.33. The second-order valence-corrected chi connectivity index (χ2v) is 9.53. The fourth-order valence-corrected chi connectivity index (χ4v) is 5.14. The molecule has 2 aromatic carbocycles. The number of hydrogen-bond acceptors (Lipinski definition) is 3. The summed E-state index contributed by atoms with van der Waals surface area (Å²) < 4.78 is 1.82. The number of hydrogen-bond donors (Lipinski definition) is 1. The smallest absolute Gasteiger partial charge is 0.270 e. The van der Waals surface area contributed by atoms with Gasteiger partial charge in [-0.2, -0.15) is 5.10 Å². The van der Waals surface area contributed by atoms with E-state index >= 15 is 0 Å². The van der Waals surface area contributed by atoms with Crippen LogP contribution in [-0.4, -0.2) is 26.7 Å². The minimum atomic E-state index is -0.136. The first-order chi connectivity index (χ1) is 16.4. The highest BCUT2D eigenvalue weighted by atomic mass is 35.5. The van der Waals surface area contributed by atoms with Crippen molar-refractivity contribution in [3.8, 4) is 22.3 Å². The Balaban J connectivity index is 1.34. The molecule has 0 saturated heterocycles. The van der Waals surface area contributed by atoms with Gasteiger partial charge in [-0.15, -0.1) is 0 Å². The number of amides is 1. The van der Waals surface area contributed by atoms with E-state index in [2.05, 4.69) is 34.5 Å². The van der Waals surface area contributed by atoms with E-state index in [-0.39, 0.29) is 11.9 Å². The summed E-state index contributed by atoms with van der Waals surface area (Å²) >= 11 is 6.08. The first-order valence-electron chi connectivity index (χ1n) is 11.5. The molecular weight excluding hydrogens is 444 g/mol. The van der Waals surface area contributed by atoms with Gasteiger partial charge in [0, 0.05) is 41.6 Å². The van der Waals surface area contributed by atoms with E-state index in [1.54, 1.807) is 12.3 Å². The van der Waals surface area contributed by atoms with Gasteiger partial charge in [0.15, 0.2) is 0 Å². The van der Waals surface area contributed by atoms with Crippen molar-refractivity contribution in [2.24, 2.45) is 7.05 Å². The van der Waals surface area contributed by atoms with Crippen LogP contribution < -0.4 is 5.32 Å². The van der Waals surface area contributed by atoms with Gasteiger partial charge in [0.1, 0.15) is 5.69 Å². The minimum Gasteiger partial charge on any atom is -0.348 e. The summed E-state index contributed by atoms with van der Waals surface area (Å²) in [4.78, 5) is 17.5. The summed E-state index contributed by atoms with van der Waals surface area (Å²) in [6.07, 6.45) is 8.36. The maximum atomic E-state index is 13.0. The third-order valence-electron chi connectivity index (χ3n) is 6.71. The van der Waals surface area contributed by atoms with E-state index in [0.29, 0.717) is 10.7 Å². The van der Waals surface area contributed by atoms with E-state index in [9.17, 15) is 4.79 Å². The van der Waals surface area contributed by atoms with Crippen molar-refractivity contribution < 1.29 is 4.79 Å². The van der Waals surface area contributed by atoms with Crippen LogP contribution in [0.25, 0.3) is 22.3 Å². The number of pyridine rings is 1. The van der Waals surface area contributed by atoms with Crippen LogP contribution >= 0.6 is 11.6 Å². The number of carbonyl (C=O) groups is 1. The Bertz CT molecular complexity index is 1370. The Morgan fingerprint density at radius 2 is 1.82 bits per heavy atom. The van der Waals surface area contributed by atoms with Crippen LogP contribution in [0.4, 0.5) is 0 Å². The second kappa shape index (κ2) is 9.07. The number of fused-ring (bicyclic) bond motifs is 1. The van der Waals surface area contributed by atoms with Gasteiger partial charge >= 0.3 is 0 Å². The lowest BCUT2D eigenvalue weighted by Gasteiger charge is -2.28. The largest absolute Gasteiger partial charge is 0.348 e. The van der Waals surface area contributed by atoms with Crippen molar-refractivity contribution in [2.45, 2.75) is 39.2 Å². The quantitative estimate of drug-likeness (QED) is 0.415. The Morgan fingerprint density at radius 1 is 1.00 bits per heavy atom. The molecule has 0 unspecified atom stereocenters. The molecule has 0 fully saturated rings.